The number of amides is 3. The lowest BCUT2D eigenvalue weighted by Crippen LogP contribution is -2.61. The number of urea groups is 1. The Kier molecular flexibility index (Phi) is 13.7. The molecule has 10 heteroatoms. The number of ether oxygens (including phenoxy) is 3. The number of para-hydroxylation sites is 1. The Bertz CT molecular complexity index is 2240. The summed E-state index contributed by atoms with van der Waals surface area (Å²) in [5, 5.41) is 19.0. The molecule has 2 heterocycles. The summed E-state index contributed by atoms with van der Waals surface area (Å²) in [7, 11) is 0. The van der Waals surface area contributed by atoms with Crippen LogP contribution < -0.4 is 20.7 Å². The number of anilines is 1. The number of likely N-dealkylation sites (tertiary alicyclic amines) is 1. The van der Waals surface area contributed by atoms with Crippen LogP contribution in [0.2, 0.25) is 0 Å². The number of nitrogens with one attached hydrogen (secondary N) is 3. The summed E-state index contributed by atoms with van der Waals surface area (Å²) in [4.78, 5) is 29.4. The molecule has 8 rings (SSSR count). The maximum absolute atomic E-state index is 13.9. The first-order valence-corrected chi connectivity index (χ1v) is 22.2. The molecule has 0 radical (unpaired) electrons. The molecule has 4 N–H and O–H groups in total. The Morgan fingerprint density at radius 3 is 2.19 bits per heavy atom. The summed E-state index contributed by atoms with van der Waals surface area (Å²) in [6.45, 7) is 7.10. The van der Waals surface area contributed by atoms with Crippen LogP contribution in [0.1, 0.15) is 100 Å². The summed E-state index contributed by atoms with van der Waals surface area (Å²) in [6, 6.07) is 41.0. The molecule has 3 fully saturated rings. The highest BCUT2D eigenvalue weighted by atomic mass is 16.7. The first-order chi connectivity index (χ1) is 30.1. The molecule has 10 nitrogen and oxygen atoms in total. The van der Waals surface area contributed by atoms with Crippen molar-refractivity contribution in [1.82, 2.24) is 15.5 Å². The molecule has 1 aliphatic carbocycles. The van der Waals surface area contributed by atoms with Crippen molar-refractivity contribution < 1.29 is 28.9 Å². The second-order valence-electron chi connectivity index (χ2n) is 18.0. The van der Waals surface area contributed by atoms with E-state index < -0.39 is 6.29 Å². The van der Waals surface area contributed by atoms with Gasteiger partial charge in [-0.3, -0.25) is 9.69 Å². The molecule has 1 saturated carbocycles. The molecule has 2 aliphatic heterocycles. The molecule has 6 atom stereocenters. The van der Waals surface area contributed by atoms with Crippen molar-refractivity contribution in [3.05, 3.63) is 150 Å². The minimum atomic E-state index is -0.626. The summed E-state index contributed by atoms with van der Waals surface area (Å²) < 4.78 is 19.5. The molecule has 3 amide bonds. The predicted molar refractivity (Wildman–Crippen MR) is 242 cm³/mol. The van der Waals surface area contributed by atoms with Crippen LogP contribution in [0, 0.1) is 5.92 Å². The van der Waals surface area contributed by atoms with E-state index in [1.807, 2.05) is 118 Å². The van der Waals surface area contributed by atoms with E-state index in [2.05, 4.69) is 51.2 Å². The van der Waals surface area contributed by atoms with Gasteiger partial charge in [-0.15, -0.1) is 0 Å². The van der Waals surface area contributed by atoms with E-state index in [1.165, 1.54) is 19.3 Å². The van der Waals surface area contributed by atoms with Crippen molar-refractivity contribution in [2.75, 3.05) is 11.9 Å². The van der Waals surface area contributed by atoms with Gasteiger partial charge in [0.2, 0.25) is 5.91 Å². The van der Waals surface area contributed by atoms with Gasteiger partial charge in [-0.2, -0.15) is 0 Å². The molecular weight excluding hydrogens is 777 g/mol. The van der Waals surface area contributed by atoms with Crippen molar-refractivity contribution in [1.29, 1.82) is 0 Å². The number of aliphatic hydroxyl groups excluding tert-OH is 1. The number of carbonyl (C=O) groups excluding carboxylic acids is 2. The lowest BCUT2D eigenvalue weighted by molar-refractivity contribution is -0.255. The molecule has 2 saturated heterocycles. The Morgan fingerprint density at radius 2 is 1.45 bits per heavy atom. The fraction of sp³-hybridized carbons (Fsp3) is 0.385. The fourth-order valence-electron chi connectivity index (χ4n) is 9.35. The minimum Gasteiger partial charge on any atom is -0.457 e. The van der Waals surface area contributed by atoms with Crippen molar-refractivity contribution >= 4 is 17.6 Å². The van der Waals surface area contributed by atoms with Crippen LogP contribution in [0.4, 0.5) is 10.5 Å². The van der Waals surface area contributed by atoms with Crippen LogP contribution >= 0.6 is 0 Å². The van der Waals surface area contributed by atoms with Gasteiger partial charge in [-0.05, 0) is 117 Å². The summed E-state index contributed by atoms with van der Waals surface area (Å²) in [6.07, 6.45) is 6.29. The van der Waals surface area contributed by atoms with E-state index >= 15 is 0 Å². The van der Waals surface area contributed by atoms with Gasteiger partial charge in [0.15, 0.2) is 6.29 Å². The Morgan fingerprint density at radius 1 is 0.758 bits per heavy atom. The zero-order chi connectivity index (χ0) is 43.1. The van der Waals surface area contributed by atoms with Gasteiger partial charge in [0, 0.05) is 42.3 Å². The molecule has 62 heavy (non-hydrogen) atoms. The van der Waals surface area contributed by atoms with Gasteiger partial charge in [-0.25, -0.2) is 4.79 Å². The summed E-state index contributed by atoms with van der Waals surface area (Å²) in [5.41, 5.74) is 6.13. The van der Waals surface area contributed by atoms with Crippen molar-refractivity contribution in [2.24, 2.45) is 5.92 Å². The van der Waals surface area contributed by atoms with Gasteiger partial charge >= 0.3 is 6.03 Å². The maximum atomic E-state index is 13.9. The van der Waals surface area contributed by atoms with Crippen molar-refractivity contribution in [3.8, 4) is 22.6 Å². The van der Waals surface area contributed by atoms with Crippen molar-refractivity contribution in [3.63, 3.8) is 0 Å². The van der Waals surface area contributed by atoms with Crippen LogP contribution in [0.25, 0.3) is 11.1 Å². The average molecular weight is 837 g/mol. The van der Waals surface area contributed by atoms with Crippen LogP contribution in [0.3, 0.4) is 0 Å². The number of fused-ring (bicyclic) bond motifs is 1. The van der Waals surface area contributed by atoms with Crippen LogP contribution in [0.5, 0.6) is 11.5 Å². The standard InChI is InChI=1S/C52H60N4O6/c1-52(2,3)55-49(58)47-30-25-37-11-8-10-16-46(37)56(47)33-44-31-48(38-19-17-35(34-57)18-20-38)62-50(61-44)39-23-21-36(22-24-39)45-15-9-7-12-40(45)32-53-51(59)54-41-26-28-43(29-27-41)60-42-13-5-4-6-14-42/h4-7,9,12-15,17-24,26-29,37,44,46-48,50,57H,8,10-11,16,25,30-34H2,1-3H3,(H,55,58)(H2,53,54,59)/t37-,44-,46-,47-,48+,50+/m1/s1. The summed E-state index contributed by atoms with van der Waals surface area (Å²) >= 11 is 0. The van der Waals surface area contributed by atoms with Crippen LogP contribution in [0.15, 0.2) is 127 Å². The Hall–Kier alpha value is -5.52. The second kappa shape index (κ2) is 19.7. The molecule has 324 valence electrons. The molecule has 0 aromatic heterocycles. The topological polar surface area (TPSA) is 121 Å². The van der Waals surface area contributed by atoms with Crippen LogP contribution in [-0.4, -0.2) is 52.2 Å². The molecule has 0 bridgehead atoms. The highest BCUT2D eigenvalue weighted by molar-refractivity contribution is 5.89. The van der Waals surface area contributed by atoms with Crippen molar-refractivity contribution in [2.45, 2.75) is 115 Å². The second-order valence-corrected chi connectivity index (χ2v) is 18.0. The first-order valence-electron chi connectivity index (χ1n) is 22.2. The zero-order valence-corrected chi connectivity index (χ0v) is 36.1. The first kappa shape index (κ1) is 43.1. The number of nitrogens with zero attached hydrogens (tertiary/aromatic N) is 1. The maximum Gasteiger partial charge on any atom is 0.319 e. The number of hydrogen-bond acceptors (Lipinski definition) is 7. The number of rotatable bonds is 12. The van der Waals surface area contributed by atoms with Gasteiger partial charge in [-0.1, -0.05) is 104 Å². The highest BCUT2D eigenvalue weighted by Gasteiger charge is 2.44. The van der Waals surface area contributed by atoms with E-state index in [1.54, 1.807) is 0 Å². The third-order valence-electron chi connectivity index (χ3n) is 12.4. The average Bonchev–Trinajstić information content (AvgIpc) is 3.29. The monoisotopic (exact) mass is 836 g/mol. The van der Waals surface area contributed by atoms with E-state index in [0.717, 1.165) is 58.4 Å². The Balaban J connectivity index is 0.965. The third kappa shape index (κ3) is 10.9. The molecule has 0 unspecified atom stereocenters. The lowest BCUT2D eigenvalue weighted by atomic mass is 9.75. The molecule has 5 aromatic carbocycles. The van der Waals surface area contributed by atoms with Gasteiger partial charge in [0.05, 0.1) is 24.9 Å². The minimum absolute atomic E-state index is 0.0189. The SMILES string of the molecule is CC(C)(C)NC(=O)[C@H]1CC[C@H]2CCCC[C@H]2N1C[C@H]1C[C@@H](c2ccc(CO)cc2)O[C@@H](c2ccc(-c3ccccc3CNC(=O)Nc3ccc(Oc4ccccc4)cc3)cc2)O1. The number of aliphatic hydroxyl groups is 1. The number of benzene rings is 5. The lowest BCUT2D eigenvalue weighted by Gasteiger charge is -2.50. The largest absolute Gasteiger partial charge is 0.457 e. The number of hydrogen-bond donors (Lipinski definition) is 4. The number of carbonyl (C=O) groups is 2. The molecule has 0 spiro atoms. The fourth-order valence-corrected chi connectivity index (χ4v) is 9.35. The number of piperidine rings is 1. The zero-order valence-electron chi connectivity index (χ0n) is 36.1. The van der Waals surface area contributed by atoms with E-state index in [9.17, 15) is 14.7 Å². The van der Waals surface area contributed by atoms with Crippen LogP contribution in [-0.2, 0) is 27.4 Å². The van der Waals surface area contributed by atoms with Gasteiger partial charge < -0.3 is 35.3 Å². The van der Waals surface area contributed by atoms with Gasteiger partial charge in [0.1, 0.15) is 11.5 Å². The van der Waals surface area contributed by atoms with Gasteiger partial charge in [0.25, 0.3) is 0 Å². The Labute approximate surface area is 366 Å². The molecule has 5 aromatic rings. The predicted octanol–water partition coefficient (Wildman–Crippen LogP) is 10.4. The van der Waals surface area contributed by atoms with E-state index in [-0.39, 0.29) is 42.3 Å². The molecule has 3 aliphatic rings. The normalized spacial score (nSPS) is 22.8. The highest BCUT2D eigenvalue weighted by Crippen LogP contribution is 2.42. The van der Waals surface area contributed by atoms with E-state index in [0.29, 0.717) is 42.9 Å². The summed E-state index contributed by atoms with van der Waals surface area (Å²) in [5.74, 6) is 2.13. The third-order valence-corrected chi connectivity index (χ3v) is 12.4. The molecular formula is C52H60N4O6. The van der Waals surface area contributed by atoms with E-state index in [4.69, 9.17) is 14.2 Å². The quantitative estimate of drug-likeness (QED) is 0.0987. The smallest absolute Gasteiger partial charge is 0.319 e.